The maximum atomic E-state index is 13.9. The first-order valence-corrected chi connectivity index (χ1v) is 8.89. The minimum atomic E-state index is -0.396. The molecule has 0 radical (unpaired) electrons. The molecule has 5 nitrogen and oxygen atoms in total. The highest BCUT2D eigenvalue weighted by Crippen LogP contribution is 2.32. The van der Waals surface area contributed by atoms with Crippen molar-refractivity contribution in [2.45, 2.75) is 12.8 Å². The number of para-hydroxylation sites is 1. The van der Waals surface area contributed by atoms with Gasteiger partial charge in [0.05, 0.1) is 13.3 Å². The molecular formula is C21H20FN3O2. The highest BCUT2D eigenvalue weighted by molar-refractivity contribution is 5.97. The van der Waals surface area contributed by atoms with Gasteiger partial charge in [0.15, 0.2) is 11.6 Å². The summed E-state index contributed by atoms with van der Waals surface area (Å²) in [7, 11) is 1.45. The van der Waals surface area contributed by atoms with Crippen molar-refractivity contribution in [3.8, 4) is 16.9 Å². The first kappa shape index (κ1) is 17.3. The number of nitrogens with zero attached hydrogens (tertiary/aromatic N) is 2. The highest BCUT2D eigenvalue weighted by atomic mass is 19.1. The number of carbonyl (C=O) groups excluding carboxylic acids is 1. The van der Waals surface area contributed by atoms with Crippen molar-refractivity contribution in [2.75, 3.05) is 18.6 Å². The standard InChI is InChI=1S/C21H20FN3O2/c1-27-20-15(3-2-4-19(20)22)11-16-9-10-25(21(16)26)18-7-5-14(6-8-18)17-12-23-24-13-17/h2-8,12-13,16H,9-11H2,1H3,(H,23,24). The Balaban J connectivity index is 1.50. The topological polar surface area (TPSA) is 58.2 Å². The molecule has 1 fully saturated rings. The van der Waals surface area contributed by atoms with Crippen molar-refractivity contribution in [1.82, 2.24) is 10.2 Å². The predicted octanol–water partition coefficient (Wildman–Crippen LogP) is 3.82. The molecule has 1 aromatic heterocycles. The average Bonchev–Trinajstić information content (AvgIpc) is 3.33. The van der Waals surface area contributed by atoms with Gasteiger partial charge in [-0.25, -0.2) is 4.39 Å². The first-order chi connectivity index (χ1) is 13.2. The van der Waals surface area contributed by atoms with Crippen LogP contribution >= 0.6 is 0 Å². The number of rotatable bonds is 5. The summed E-state index contributed by atoms with van der Waals surface area (Å²) in [6.45, 7) is 0.659. The third-order valence-electron chi connectivity index (χ3n) is 5.05. The number of hydrogen-bond acceptors (Lipinski definition) is 3. The van der Waals surface area contributed by atoms with Crippen LogP contribution in [0.2, 0.25) is 0 Å². The Hall–Kier alpha value is -3.15. The number of benzene rings is 2. The summed E-state index contributed by atoms with van der Waals surface area (Å²) in [5.74, 6) is -0.271. The van der Waals surface area contributed by atoms with E-state index in [4.69, 9.17) is 4.74 Å². The Morgan fingerprint density at radius 1 is 1.22 bits per heavy atom. The molecule has 1 atom stereocenters. The number of aromatic amines is 1. The quantitative estimate of drug-likeness (QED) is 0.748. The summed E-state index contributed by atoms with van der Waals surface area (Å²) in [5.41, 5.74) is 3.65. The number of nitrogens with one attached hydrogen (secondary N) is 1. The number of ether oxygens (including phenoxy) is 1. The molecule has 27 heavy (non-hydrogen) atoms. The third-order valence-corrected chi connectivity index (χ3v) is 5.05. The molecule has 138 valence electrons. The van der Waals surface area contributed by atoms with E-state index in [1.54, 1.807) is 17.2 Å². The Labute approximate surface area is 156 Å². The highest BCUT2D eigenvalue weighted by Gasteiger charge is 2.33. The van der Waals surface area contributed by atoms with Gasteiger partial charge in [0.1, 0.15) is 0 Å². The number of methoxy groups -OCH3 is 1. The van der Waals surface area contributed by atoms with Gasteiger partial charge in [-0.15, -0.1) is 0 Å². The van der Waals surface area contributed by atoms with Crippen LogP contribution in [0.4, 0.5) is 10.1 Å². The van der Waals surface area contributed by atoms with Crippen LogP contribution in [0.3, 0.4) is 0 Å². The van der Waals surface area contributed by atoms with Gasteiger partial charge in [-0.2, -0.15) is 5.10 Å². The lowest BCUT2D eigenvalue weighted by Gasteiger charge is -2.18. The smallest absolute Gasteiger partial charge is 0.230 e. The fourth-order valence-corrected chi connectivity index (χ4v) is 3.64. The van der Waals surface area contributed by atoms with Gasteiger partial charge in [-0.05, 0) is 42.2 Å². The van der Waals surface area contributed by atoms with E-state index in [2.05, 4.69) is 10.2 Å². The molecule has 6 heteroatoms. The van der Waals surface area contributed by atoms with Gasteiger partial charge in [0, 0.05) is 29.9 Å². The minimum absolute atomic E-state index is 0.0670. The summed E-state index contributed by atoms with van der Waals surface area (Å²) < 4.78 is 19.1. The van der Waals surface area contributed by atoms with Gasteiger partial charge in [-0.3, -0.25) is 9.89 Å². The number of amides is 1. The van der Waals surface area contributed by atoms with E-state index >= 15 is 0 Å². The van der Waals surface area contributed by atoms with Gasteiger partial charge in [0.25, 0.3) is 0 Å². The maximum Gasteiger partial charge on any atom is 0.230 e. The summed E-state index contributed by atoms with van der Waals surface area (Å²) in [5, 5.41) is 6.75. The van der Waals surface area contributed by atoms with Crippen LogP contribution in [-0.4, -0.2) is 29.8 Å². The summed E-state index contributed by atoms with van der Waals surface area (Å²) >= 11 is 0. The van der Waals surface area contributed by atoms with Crippen LogP contribution in [0, 0.1) is 11.7 Å². The largest absolute Gasteiger partial charge is 0.493 e. The van der Waals surface area contributed by atoms with Gasteiger partial charge in [-0.1, -0.05) is 24.3 Å². The molecule has 1 unspecified atom stereocenters. The Morgan fingerprint density at radius 2 is 2.04 bits per heavy atom. The summed E-state index contributed by atoms with van der Waals surface area (Å²) in [4.78, 5) is 14.7. The fraction of sp³-hybridized carbons (Fsp3) is 0.238. The molecule has 1 saturated heterocycles. The van der Waals surface area contributed by atoms with Crippen LogP contribution in [0.1, 0.15) is 12.0 Å². The molecule has 2 aromatic carbocycles. The second-order valence-corrected chi connectivity index (χ2v) is 6.65. The van der Waals surface area contributed by atoms with Crippen LogP contribution in [0.5, 0.6) is 5.75 Å². The molecule has 2 heterocycles. The molecule has 0 spiro atoms. The normalized spacial score (nSPS) is 16.7. The van der Waals surface area contributed by atoms with Crippen molar-refractivity contribution < 1.29 is 13.9 Å². The van der Waals surface area contributed by atoms with Gasteiger partial charge >= 0.3 is 0 Å². The average molecular weight is 365 g/mol. The van der Waals surface area contributed by atoms with Crippen molar-refractivity contribution in [1.29, 1.82) is 0 Å². The fourth-order valence-electron chi connectivity index (χ4n) is 3.64. The van der Waals surface area contributed by atoms with E-state index in [0.717, 1.165) is 28.8 Å². The lowest BCUT2D eigenvalue weighted by Crippen LogP contribution is -2.27. The summed E-state index contributed by atoms with van der Waals surface area (Å²) in [6.07, 6.45) is 4.81. The zero-order valence-electron chi connectivity index (χ0n) is 15.0. The molecule has 1 aliphatic heterocycles. The van der Waals surface area contributed by atoms with Crippen molar-refractivity contribution in [3.63, 3.8) is 0 Å². The Kier molecular flexibility index (Phi) is 4.62. The third kappa shape index (κ3) is 3.30. The van der Waals surface area contributed by atoms with Crippen LogP contribution in [0.15, 0.2) is 54.9 Å². The second-order valence-electron chi connectivity index (χ2n) is 6.65. The number of aromatic nitrogens is 2. The molecule has 1 amide bonds. The van der Waals surface area contributed by atoms with Crippen LogP contribution in [0.25, 0.3) is 11.1 Å². The molecule has 0 saturated carbocycles. The van der Waals surface area contributed by atoms with E-state index in [-0.39, 0.29) is 17.6 Å². The van der Waals surface area contributed by atoms with Gasteiger partial charge in [0.2, 0.25) is 5.91 Å². The number of H-pyrrole nitrogens is 1. The zero-order valence-corrected chi connectivity index (χ0v) is 15.0. The number of halogens is 1. The molecule has 1 aliphatic rings. The number of carbonyl (C=O) groups is 1. The Bertz CT molecular complexity index is 939. The first-order valence-electron chi connectivity index (χ1n) is 8.89. The van der Waals surface area contributed by atoms with Crippen molar-refractivity contribution in [2.24, 2.45) is 5.92 Å². The second kappa shape index (κ2) is 7.23. The van der Waals surface area contributed by atoms with Crippen molar-refractivity contribution in [3.05, 3.63) is 66.2 Å². The van der Waals surface area contributed by atoms with Crippen molar-refractivity contribution >= 4 is 11.6 Å². The molecular weight excluding hydrogens is 345 g/mol. The van der Waals surface area contributed by atoms with Crippen LogP contribution in [-0.2, 0) is 11.2 Å². The minimum Gasteiger partial charge on any atom is -0.493 e. The van der Waals surface area contributed by atoms with E-state index < -0.39 is 5.82 Å². The van der Waals surface area contributed by atoms with Crippen LogP contribution < -0.4 is 9.64 Å². The lowest BCUT2D eigenvalue weighted by atomic mass is 9.97. The van der Waals surface area contributed by atoms with Gasteiger partial charge < -0.3 is 9.64 Å². The molecule has 4 rings (SSSR count). The summed E-state index contributed by atoms with van der Waals surface area (Å²) in [6, 6.07) is 12.7. The predicted molar refractivity (Wildman–Crippen MR) is 101 cm³/mol. The van der Waals surface area contributed by atoms with E-state index in [1.807, 2.05) is 36.5 Å². The SMILES string of the molecule is COc1c(F)cccc1CC1CCN(c2ccc(-c3cn[nH]c3)cc2)C1=O. The molecule has 0 aliphatic carbocycles. The monoisotopic (exact) mass is 365 g/mol. The number of hydrogen-bond donors (Lipinski definition) is 1. The van der Waals surface area contributed by atoms with E-state index in [1.165, 1.54) is 13.2 Å². The Morgan fingerprint density at radius 3 is 2.74 bits per heavy atom. The van der Waals surface area contributed by atoms with E-state index in [9.17, 15) is 9.18 Å². The van der Waals surface area contributed by atoms with E-state index in [0.29, 0.717) is 13.0 Å². The zero-order chi connectivity index (χ0) is 18.8. The maximum absolute atomic E-state index is 13.9. The molecule has 1 N–H and O–H groups in total. The molecule has 3 aromatic rings. The molecule has 0 bridgehead atoms. The lowest BCUT2D eigenvalue weighted by molar-refractivity contribution is -0.120. The number of anilines is 1.